The highest BCUT2D eigenvalue weighted by molar-refractivity contribution is 5.95. The lowest BCUT2D eigenvalue weighted by Crippen LogP contribution is -2.36. The molecule has 0 aliphatic heterocycles. The van der Waals surface area contributed by atoms with E-state index in [1.807, 2.05) is 0 Å². The summed E-state index contributed by atoms with van der Waals surface area (Å²) in [5.74, 6) is -1.51. The third kappa shape index (κ3) is 3.49. The third-order valence-electron chi connectivity index (χ3n) is 2.40. The molecular formula is C11H13FN2O4. The van der Waals surface area contributed by atoms with E-state index in [9.17, 15) is 19.3 Å². The molecule has 1 aromatic rings. The smallest absolute Gasteiger partial charge is 0.273 e. The van der Waals surface area contributed by atoms with Crippen molar-refractivity contribution in [3.05, 3.63) is 39.7 Å². The average molecular weight is 256 g/mol. The van der Waals surface area contributed by atoms with Crippen molar-refractivity contribution in [2.24, 2.45) is 0 Å². The number of amides is 1. The van der Waals surface area contributed by atoms with E-state index in [2.05, 4.69) is 5.32 Å². The summed E-state index contributed by atoms with van der Waals surface area (Å²) in [5, 5.41) is 21.9. The van der Waals surface area contributed by atoms with Gasteiger partial charge in [-0.2, -0.15) is 0 Å². The van der Waals surface area contributed by atoms with Gasteiger partial charge in [0.15, 0.2) is 0 Å². The molecule has 0 heterocycles. The third-order valence-corrected chi connectivity index (χ3v) is 2.40. The molecule has 0 saturated carbocycles. The first-order valence-corrected chi connectivity index (χ1v) is 5.34. The van der Waals surface area contributed by atoms with Gasteiger partial charge in [-0.3, -0.25) is 14.9 Å². The van der Waals surface area contributed by atoms with Gasteiger partial charge in [0, 0.05) is 11.6 Å². The molecule has 0 fully saturated rings. The Bertz CT molecular complexity index is 460. The summed E-state index contributed by atoms with van der Waals surface area (Å²) in [5.41, 5.74) is -0.634. The Morgan fingerprint density at radius 2 is 2.22 bits per heavy atom. The molecule has 0 bridgehead atoms. The van der Waals surface area contributed by atoms with Crippen LogP contribution in [0.1, 0.15) is 23.7 Å². The number of benzene rings is 1. The van der Waals surface area contributed by atoms with Gasteiger partial charge in [-0.05, 0) is 12.5 Å². The Morgan fingerprint density at radius 1 is 1.56 bits per heavy atom. The van der Waals surface area contributed by atoms with Crippen LogP contribution in [0.15, 0.2) is 18.2 Å². The van der Waals surface area contributed by atoms with E-state index in [4.69, 9.17) is 5.11 Å². The van der Waals surface area contributed by atoms with Crippen LogP contribution in [0, 0.1) is 15.9 Å². The van der Waals surface area contributed by atoms with Crippen molar-refractivity contribution < 1.29 is 19.2 Å². The predicted octanol–water partition coefficient (Wildman–Crippen LogP) is 1.23. The predicted molar refractivity (Wildman–Crippen MR) is 61.7 cm³/mol. The Morgan fingerprint density at radius 3 is 2.72 bits per heavy atom. The quantitative estimate of drug-likeness (QED) is 0.612. The van der Waals surface area contributed by atoms with Crippen LogP contribution < -0.4 is 5.32 Å². The molecule has 18 heavy (non-hydrogen) atoms. The molecule has 0 aromatic heterocycles. The molecule has 0 radical (unpaired) electrons. The summed E-state index contributed by atoms with van der Waals surface area (Å²) in [4.78, 5) is 21.4. The van der Waals surface area contributed by atoms with E-state index in [1.54, 1.807) is 6.92 Å². The first-order chi connectivity index (χ1) is 8.47. The SMILES string of the molecule is CCC(CO)NC(=O)c1cc(F)cc([N+](=O)[O-])c1. The van der Waals surface area contributed by atoms with Crippen molar-refractivity contribution in [1.29, 1.82) is 0 Å². The van der Waals surface area contributed by atoms with Gasteiger partial charge in [0.25, 0.3) is 11.6 Å². The highest BCUT2D eigenvalue weighted by Gasteiger charge is 2.16. The number of non-ortho nitro benzene ring substituents is 1. The average Bonchev–Trinajstić information content (AvgIpc) is 2.34. The number of halogens is 1. The monoisotopic (exact) mass is 256 g/mol. The van der Waals surface area contributed by atoms with Gasteiger partial charge in [0.05, 0.1) is 23.6 Å². The number of carbonyl (C=O) groups is 1. The summed E-state index contributed by atoms with van der Waals surface area (Å²) in [6.45, 7) is 1.51. The number of rotatable bonds is 5. The fourth-order valence-electron chi connectivity index (χ4n) is 1.36. The second-order valence-electron chi connectivity index (χ2n) is 3.72. The maximum absolute atomic E-state index is 13.1. The number of nitro benzene ring substituents is 1. The minimum atomic E-state index is -0.855. The normalized spacial score (nSPS) is 11.9. The molecule has 7 heteroatoms. The molecule has 0 spiro atoms. The highest BCUT2D eigenvalue weighted by Crippen LogP contribution is 2.16. The summed E-state index contributed by atoms with van der Waals surface area (Å²) >= 11 is 0. The van der Waals surface area contributed by atoms with E-state index >= 15 is 0 Å². The largest absolute Gasteiger partial charge is 0.394 e. The maximum atomic E-state index is 13.1. The lowest BCUT2D eigenvalue weighted by atomic mass is 10.1. The minimum absolute atomic E-state index is 0.145. The minimum Gasteiger partial charge on any atom is -0.394 e. The molecule has 1 atom stereocenters. The van der Waals surface area contributed by atoms with Crippen molar-refractivity contribution >= 4 is 11.6 Å². The fourth-order valence-corrected chi connectivity index (χ4v) is 1.36. The number of hydrogen-bond acceptors (Lipinski definition) is 4. The number of aliphatic hydroxyl groups excluding tert-OH is 1. The van der Waals surface area contributed by atoms with Crippen molar-refractivity contribution in [3.63, 3.8) is 0 Å². The lowest BCUT2D eigenvalue weighted by molar-refractivity contribution is -0.385. The molecule has 0 aliphatic rings. The first-order valence-electron chi connectivity index (χ1n) is 5.34. The second-order valence-corrected chi connectivity index (χ2v) is 3.72. The van der Waals surface area contributed by atoms with Crippen molar-refractivity contribution in [2.75, 3.05) is 6.61 Å². The highest BCUT2D eigenvalue weighted by atomic mass is 19.1. The van der Waals surface area contributed by atoms with E-state index in [-0.39, 0.29) is 12.2 Å². The molecule has 0 saturated heterocycles. The van der Waals surface area contributed by atoms with Crippen LogP contribution in [0.25, 0.3) is 0 Å². The van der Waals surface area contributed by atoms with Crippen LogP contribution in [0.4, 0.5) is 10.1 Å². The number of nitro groups is 1. The van der Waals surface area contributed by atoms with Gasteiger partial charge >= 0.3 is 0 Å². The zero-order valence-electron chi connectivity index (χ0n) is 9.72. The van der Waals surface area contributed by atoms with E-state index in [0.29, 0.717) is 6.42 Å². The molecule has 1 rings (SSSR count). The standard InChI is InChI=1S/C11H13FN2O4/c1-2-9(6-15)13-11(16)7-3-8(12)5-10(4-7)14(17)18/h3-5,9,15H,2,6H2,1H3,(H,13,16). The maximum Gasteiger partial charge on any atom is 0.273 e. The summed E-state index contributed by atoms with van der Waals surface area (Å²) in [6, 6.07) is 2.18. The van der Waals surface area contributed by atoms with E-state index in [0.717, 1.165) is 18.2 Å². The number of hydrogen-bond donors (Lipinski definition) is 2. The first kappa shape index (κ1) is 14.0. The number of nitrogens with one attached hydrogen (secondary N) is 1. The van der Waals surface area contributed by atoms with Crippen LogP contribution in [0.5, 0.6) is 0 Å². The number of carbonyl (C=O) groups excluding carboxylic acids is 1. The molecule has 6 nitrogen and oxygen atoms in total. The van der Waals surface area contributed by atoms with Gasteiger partial charge in [0.2, 0.25) is 0 Å². The topological polar surface area (TPSA) is 92.5 Å². The van der Waals surface area contributed by atoms with Crippen LogP contribution in [-0.2, 0) is 0 Å². The molecule has 1 amide bonds. The Balaban J connectivity index is 2.95. The van der Waals surface area contributed by atoms with Crippen LogP contribution in [-0.4, -0.2) is 28.6 Å². The Kier molecular flexibility index (Phi) is 4.73. The van der Waals surface area contributed by atoms with Crippen molar-refractivity contribution in [3.8, 4) is 0 Å². The Labute approximate surface area is 103 Å². The molecule has 98 valence electrons. The fraction of sp³-hybridized carbons (Fsp3) is 0.364. The molecule has 1 aromatic carbocycles. The van der Waals surface area contributed by atoms with Gasteiger partial charge in [-0.1, -0.05) is 6.92 Å². The zero-order chi connectivity index (χ0) is 13.7. The summed E-state index contributed by atoms with van der Waals surface area (Å²) < 4.78 is 13.1. The summed E-state index contributed by atoms with van der Waals surface area (Å²) in [7, 11) is 0. The van der Waals surface area contributed by atoms with E-state index < -0.39 is 28.4 Å². The van der Waals surface area contributed by atoms with Crippen LogP contribution in [0.2, 0.25) is 0 Å². The zero-order valence-corrected chi connectivity index (χ0v) is 9.72. The lowest BCUT2D eigenvalue weighted by Gasteiger charge is -2.13. The molecule has 2 N–H and O–H groups in total. The van der Waals surface area contributed by atoms with Gasteiger partial charge in [-0.25, -0.2) is 4.39 Å². The van der Waals surface area contributed by atoms with Crippen LogP contribution >= 0.6 is 0 Å². The number of aliphatic hydroxyl groups is 1. The Hall–Kier alpha value is -2.02. The van der Waals surface area contributed by atoms with Crippen molar-refractivity contribution in [2.45, 2.75) is 19.4 Å². The van der Waals surface area contributed by atoms with Gasteiger partial charge in [0.1, 0.15) is 5.82 Å². The number of nitrogens with zero attached hydrogens (tertiary/aromatic N) is 1. The van der Waals surface area contributed by atoms with Crippen molar-refractivity contribution in [1.82, 2.24) is 5.32 Å². The molecule has 0 aliphatic carbocycles. The second kappa shape index (κ2) is 6.06. The van der Waals surface area contributed by atoms with Crippen LogP contribution in [0.3, 0.4) is 0 Å². The summed E-state index contributed by atoms with van der Waals surface area (Å²) in [6.07, 6.45) is 0.500. The van der Waals surface area contributed by atoms with Gasteiger partial charge < -0.3 is 10.4 Å². The van der Waals surface area contributed by atoms with E-state index in [1.165, 1.54) is 0 Å². The molecule has 1 unspecified atom stereocenters. The van der Waals surface area contributed by atoms with Gasteiger partial charge in [-0.15, -0.1) is 0 Å². The molecular weight excluding hydrogens is 243 g/mol.